The normalized spacial score (nSPS) is 24.7. The van der Waals surface area contributed by atoms with Crippen LogP contribution in [0.3, 0.4) is 0 Å². The SMILES string of the molecule is CC1(C(=O)O)CCC(Cn2ccc3cc(C(N)=O)ccc32)CC1. The third kappa shape index (κ3) is 2.96. The van der Waals surface area contributed by atoms with Crippen LogP contribution in [-0.2, 0) is 11.3 Å². The van der Waals surface area contributed by atoms with Crippen LogP contribution in [0.15, 0.2) is 30.5 Å². The standard InChI is InChI=1S/C18H22N2O3/c1-18(17(22)23)7-4-12(5-8-18)11-20-9-6-13-10-14(16(19)21)2-3-15(13)20/h2-3,6,9-10,12H,4-5,7-8,11H2,1H3,(H2,19,21)(H,22,23). The van der Waals surface area contributed by atoms with Gasteiger partial charge in [-0.1, -0.05) is 0 Å². The zero-order valence-corrected chi connectivity index (χ0v) is 13.3. The fourth-order valence-corrected chi connectivity index (χ4v) is 3.50. The molecule has 3 rings (SSSR count). The molecular formula is C18H22N2O3. The molecule has 0 atom stereocenters. The number of rotatable bonds is 4. The number of aliphatic carboxylic acids is 1. The van der Waals surface area contributed by atoms with Crippen LogP contribution < -0.4 is 5.73 Å². The first-order valence-electron chi connectivity index (χ1n) is 8.01. The number of carbonyl (C=O) groups excluding carboxylic acids is 1. The van der Waals surface area contributed by atoms with Crippen LogP contribution in [0.5, 0.6) is 0 Å². The van der Waals surface area contributed by atoms with Crippen molar-refractivity contribution in [2.45, 2.75) is 39.2 Å². The van der Waals surface area contributed by atoms with Crippen molar-refractivity contribution < 1.29 is 14.7 Å². The molecule has 0 aliphatic heterocycles. The number of carboxylic acid groups (broad SMARTS) is 1. The molecule has 5 nitrogen and oxygen atoms in total. The highest BCUT2D eigenvalue weighted by molar-refractivity contribution is 5.97. The van der Waals surface area contributed by atoms with Gasteiger partial charge in [-0.15, -0.1) is 0 Å². The molecule has 0 bridgehead atoms. The molecule has 5 heteroatoms. The van der Waals surface area contributed by atoms with Crippen LogP contribution in [0.25, 0.3) is 10.9 Å². The number of hydrogen-bond donors (Lipinski definition) is 2. The molecular weight excluding hydrogens is 292 g/mol. The van der Waals surface area contributed by atoms with E-state index in [1.54, 1.807) is 6.07 Å². The number of aromatic nitrogens is 1. The summed E-state index contributed by atoms with van der Waals surface area (Å²) in [6.45, 7) is 2.73. The first-order chi connectivity index (χ1) is 10.9. The van der Waals surface area contributed by atoms with E-state index >= 15 is 0 Å². The average Bonchev–Trinajstić information content (AvgIpc) is 2.92. The fraction of sp³-hybridized carbons (Fsp3) is 0.444. The van der Waals surface area contributed by atoms with E-state index in [2.05, 4.69) is 4.57 Å². The number of carboxylic acids is 1. The summed E-state index contributed by atoms with van der Waals surface area (Å²) in [5, 5.41) is 10.3. The van der Waals surface area contributed by atoms with Gasteiger partial charge in [-0.05, 0) is 62.8 Å². The van der Waals surface area contributed by atoms with Crippen molar-refractivity contribution in [1.29, 1.82) is 0 Å². The predicted molar refractivity (Wildman–Crippen MR) is 88.2 cm³/mol. The van der Waals surface area contributed by atoms with Gasteiger partial charge in [-0.3, -0.25) is 9.59 Å². The molecule has 2 aromatic rings. The first kappa shape index (κ1) is 15.6. The van der Waals surface area contributed by atoms with Gasteiger partial charge in [0.15, 0.2) is 0 Å². The fourth-order valence-electron chi connectivity index (χ4n) is 3.50. The number of nitrogens with two attached hydrogens (primary N) is 1. The van der Waals surface area contributed by atoms with Gasteiger partial charge in [0.05, 0.1) is 5.41 Å². The Morgan fingerprint density at radius 2 is 2.00 bits per heavy atom. The van der Waals surface area contributed by atoms with E-state index in [9.17, 15) is 14.7 Å². The molecule has 1 saturated carbocycles. The summed E-state index contributed by atoms with van der Waals surface area (Å²) >= 11 is 0. The van der Waals surface area contributed by atoms with Gasteiger partial charge < -0.3 is 15.4 Å². The minimum absolute atomic E-state index is 0.417. The molecule has 1 aromatic heterocycles. The van der Waals surface area contributed by atoms with Crippen molar-refractivity contribution in [1.82, 2.24) is 4.57 Å². The maximum atomic E-state index is 11.3. The first-order valence-corrected chi connectivity index (χ1v) is 8.01. The summed E-state index contributed by atoms with van der Waals surface area (Å²) in [5.41, 5.74) is 6.36. The maximum Gasteiger partial charge on any atom is 0.309 e. The van der Waals surface area contributed by atoms with Crippen molar-refractivity contribution in [3.8, 4) is 0 Å². The lowest BCUT2D eigenvalue weighted by Crippen LogP contribution is -2.33. The molecule has 1 aliphatic carbocycles. The largest absolute Gasteiger partial charge is 0.481 e. The third-order valence-corrected chi connectivity index (χ3v) is 5.24. The van der Waals surface area contributed by atoms with E-state index < -0.39 is 17.3 Å². The Morgan fingerprint density at radius 3 is 2.61 bits per heavy atom. The number of nitrogens with zero attached hydrogens (tertiary/aromatic N) is 1. The summed E-state index contributed by atoms with van der Waals surface area (Å²) in [6.07, 6.45) is 5.36. The number of benzene rings is 1. The van der Waals surface area contributed by atoms with Crippen molar-refractivity contribution in [2.75, 3.05) is 0 Å². The van der Waals surface area contributed by atoms with Gasteiger partial charge in [-0.25, -0.2) is 0 Å². The minimum Gasteiger partial charge on any atom is -0.481 e. The Kier molecular flexibility index (Phi) is 3.88. The maximum absolute atomic E-state index is 11.3. The molecule has 1 fully saturated rings. The van der Waals surface area contributed by atoms with E-state index in [0.29, 0.717) is 11.5 Å². The summed E-state index contributed by atoms with van der Waals surface area (Å²) in [5.74, 6) is -0.602. The van der Waals surface area contributed by atoms with Gasteiger partial charge in [0.25, 0.3) is 0 Å². The van der Waals surface area contributed by atoms with Crippen molar-refractivity contribution in [3.05, 3.63) is 36.0 Å². The molecule has 1 amide bonds. The second-order valence-electron chi connectivity index (χ2n) is 6.92. The summed E-state index contributed by atoms with van der Waals surface area (Å²) in [7, 11) is 0. The van der Waals surface area contributed by atoms with Crippen LogP contribution in [-0.4, -0.2) is 21.6 Å². The van der Waals surface area contributed by atoms with Gasteiger partial charge in [-0.2, -0.15) is 0 Å². The zero-order chi connectivity index (χ0) is 16.6. The van der Waals surface area contributed by atoms with Crippen molar-refractivity contribution >= 4 is 22.8 Å². The lowest BCUT2D eigenvalue weighted by atomic mass is 9.72. The Hall–Kier alpha value is -2.30. The molecule has 0 unspecified atom stereocenters. The highest BCUT2D eigenvalue weighted by Gasteiger charge is 2.37. The van der Waals surface area contributed by atoms with E-state index in [-0.39, 0.29) is 0 Å². The van der Waals surface area contributed by atoms with Crippen LogP contribution in [0, 0.1) is 11.3 Å². The van der Waals surface area contributed by atoms with Gasteiger partial charge in [0.1, 0.15) is 0 Å². The van der Waals surface area contributed by atoms with E-state index in [1.807, 2.05) is 31.3 Å². The molecule has 0 spiro atoms. The third-order valence-electron chi connectivity index (χ3n) is 5.24. The summed E-state index contributed by atoms with van der Waals surface area (Å²) < 4.78 is 2.19. The Balaban J connectivity index is 1.73. The number of primary amides is 1. The van der Waals surface area contributed by atoms with E-state index in [4.69, 9.17) is 5.73 Å². The highest BCUT2D eigenvalue weighted by atomic mass is 16.4. The summed E-state index contributed by atoms with van der Waals surface area (Å²) in [6, 6.07) is 7.49. The molecule has 0 saturated heterocycles. The van der Waals surface area contributed by atoms with Crippen LogP contribution in [0.4, 0.5) is 0 Å². The number of carbonyl (C=O) groups is 2. The lowest BCUT2D eigenvalue weighted by Gasteiger charge is -2.34. The topological polar surface area (TPSA) is 85.3 Å². The Bertz CT molecular complexity index is 755. The molecule has 1 heterocycles. The predicted octanol–water partition coefficient (Wildman–Crippen LogP) is 3.02. The van der Waals surface area contributed by atoms with Crippen LogP contribution in [0.1, 0.15) is 43.0 Å². The van der Waals surface area contributed by atoms with E-state index in [0.717, 1.165) is 43.1 Å². The van der Waals surface area contributed by atoms with Crippen molar-refractivity contribution in [3.63, 3.8) is 0 Å². The lowest BCUT2D eigenvalue weighted by molar-refractivity contribution is -0.150. The Labute approximate surface area is 135 Å². The molecule has 122 valence electrons. The van der Waals surface area contributed by atoms with Gasteiger partial charge in [0, 0.05) is 29.2 Å². The van der Waals surface area contributed by atoms with Gasteiger partial charge >= 0.3 is 5.97 Å². The molecule has 23 heavy (non-hydrogen) atoms. The Morgan fingerprint density at radius 1 is 1.30 bits per heavy atom. The van der Waals surface area contributed by atoms with Crippen LogP contribution in [0.2, 0.25) is 0 Å². The highest BCUT2D eigenvalue weighted by Crippen LogP contribution is 2.39. The molecule has 0 radical (unpaired) electrons. The monoisotopic (exact) mass is 314 g/mol. The smallest absolute Gasteiger partial charge is 0.309 e. The van der Waals surface area contributed by atoms with E-state index in [1.165, 1.54) is 0 Å². The van der Waals surface area contributed by atoms with Gasteiger partial charge in [0.2, 0.25) is 5.91 Å². The van der Waals surface area contributed by atoms with Crippen LogP contribution >= 0.6 is 0 Å². The quantitative estimate of drug-likeness (QED) is 0.909. The molecule has 3 N–H and O–H groups in total. The average molecular weight is 314 g/mol. The second kappa shape index (κ2) is 5.72. The second-order valence-corrected chi connectivity index (χ2v) is 6.92. The number of fused-ring (bicyclic) bond motifs is 1. The van der Waals surface area contributed by atoms with Crippen molar-refractivity contribution in [2.24, 2.45) is 17.1 Å². The number of amides is 1. The molecule has 1 aliphatic rings. The summed E-state index contributed by atoms with van der Waals surface area (Å²) in [4.78, 5) is 22.6. The minimum atomic E-state index is -0.679. The zero-order valence-electron chi connectivity index (χ0n) is 13.3. The molecule has 1 aromatic carbocycles. The number of hydrogen-bond acceptors (Lipinski definition) is 2.